The van der Waals surface area contributed by atoms with Crippen molar-refractivity contribution in [2.24, 2.45) is 0 Å². The molecule has 0 spiro atoms. The Hall–Kier alpha value is -2.80. The number of likely N-dealkylation sites (N-methyl/N-ethyl adjacent to an activating group) is 1. The fourth-order valence-electron chi connectivity index (χ4n) is 4.35. The van der Waals surface area contributed by atoms with Crippen molar-refractivity contribution in [1.82, 2.24) is 29.2 Å². The third kappa shape index (κ3) is 5.14. The summed E-state index contributed by atoms with van der Waals surface area (Å²) in [4.78, 5) is 20.9. The number of rotatable bonds is 6. The van der Waals surface area contributed by atoms with Crippen molar-refractivity contribution in [1.29, 1.82) is 0 Å². The average Bonchev–Trinajstić information content (AvgIpc) is 3.22. The molecule has 0 atom stereocenters. The summed E-state index contributed by atoms with van der Waals surface area (Å²) >= 11 is 0. The second-order valence-electron chi connectivity index (χ2n) is 8.91. The molecule has 5 heterocycles. The van der Waals surface area contributed by atoms with Crippen LogP contribution in [-0.2, 0) is 21.3 Å². The number of nitrogens with zero attached hydrogens (tertiary/aromatic N) is 7. The number of sulfonamides is 1. The number of aromatic nitrogens is 4. The van der Waals surface area contributed by atoms with E-state index in [4.69, 9.17) is 14.7 Å². The number of hydrogen-bond donors (Lipinski definition) is 1. The number of pyridine rings is 1. The number of imidazole rings is 1. The van der Waals surface area contributed by atoms with E-state index < -0.39 is 10.0 Å². The number of morpholine rings is 1. The van der Waals surface area contributed by atoms with Gasteiger partial charge in [-0.1, -0.05) is 0 Å². The van der Waals surface area contributed by atoms with Gasteiger partial charge in [0.05, 0.1) is 49.4 Å². The maximum atomic E-state index is 11.7. The molecule has 0 unspecified atom stereocenters. The highest BCUT2D eigenvalue weighted by molar-refractivity contribution is 7.92. The van der Waals surface area contributed by atoms with Crippen LogP contribution >= 0.6 is 0 Å². The first-order valence-electron chi connectivity index (χ1n) is 11.4. The number of fused-ring (bicyclic) bond motifs is 1. The van der Waals surface area contributed by atoms with Gasteiger partial charge in [-0.25, -0.2) is 18.4 Å². The van der Waals surface area contributed by atoms with E-state index in [0.29, 0.717) is 30.2 Å². The lowest BCUT2D eigenvalue weighted by molar-refractivity contribution is 0.122. The van der Waals surface area contributed by atoms with Crippen molar-refractivity contribution in [2.75, 3.05) is 75.4 Å². The predicted octanol–water partition coefficient (Wildman–Crippen LogP) is 0.747. The van der Waals surface area contributed by atoms with E-state index in [1.165, 1.54) is 6.20 Å². The molecule has 0 aliphatic carbocycles. The predicted molar refractivity (Wildman–Crippen MR) is 130 cm³/mol. The third-order valence-electron chi connectivity index (χ3n) is 6.19. The first-order valence-corrected chi connectivity index (χ1v) is 13.3. The number of nitrogens with one attached hydrogen (secondary N) is 1. The van der Waals surface area contributed by atoms with E-state index in [2.05, 4.69) is 42.1 Å². The molecule has 0 saturated carbocycles. The Morgan fingerprint density at radius 1 is 1.06 bits per heavy atom. The minimum atomic E-state index is -3.42. The van der Waals surface area contributed by atoms with Gasteiger partial charge in [-0.2, -0.15) is 0 Å². The van der Waals surface area contributed by atoms with Crippen LogP contribution in [0.3, 0.4) is 0 Å². The Balaban J connectivity index is 1.56. The highest BCUT2D eigenvalue weighted by atomic mass is 32.2. The molecule has 2 aliphatic rings. The quantitative estimate of drug-likeness (QED) is 0.540. The third-order valence-corrected chi connectivity index (χ3v) is 6.79. The van der Waals surface area contributed by atoms with Gasteiger partial charge >= 0.3 is 0 Å². The zero-order chi connectivity index (χ0) is 23.7. The molecule has 3 aromatic heterocycles. The number of piperazine rings is 1. The fraction of sp³-hybridized carbons (Fsp3) is 0.500. The largest absolute Gasteiger partial charge is 0.378 e. The SMILES string of the molecule is CN1CCN(Cc2cnc3c(-c4cncc(NS(C)(=O)=O)c4)nc(N4CCOCC4)cn23)CC1. The Morgan fingerprint density at radius 2 is 1.82 bits per heavy atom. The van der Waals surface area contributed by atoms with Gasteiger partial charge in [-0.3, -0.25) is 19.0 Å². The lowest BCUT2D eigenvalue weighted by Gasteiger charge is -2.32. The zero-order valence-electron chi connectivity index (χ0n) is 19.5. The van der Waals surface area contributed by atoms with Gasteiger partial charge < -0.3 is 14.5 Å². The van der Waals surface area contributed by atoms with E-state index in [-0.39, 0.29) is 0 Å². The molecule has 1 N–H and O–H groups in total. The van der Waals surface area contributed by atoms with Gasteiger partial charge in [0.15, 0.2) is 5.65 Å². The van der Waals surface area contributed by atoms with Crippen LogP contribution < -0.4 is 9.62 Å². The normalized spacial score (nSPS) is 18.5. The molecule has 0 amide bonds. The Labute approximate surface area is 199 Å². The monoisotopic (exact) mass is 486 g/mol. The van der Waals surface area contributed by atoms with Gasteiger partial charge in [0.25, 0.3) is 0 Å². The molecule has 0 radical (unpaired) electrons. The Kier molecular flexibility index (Phi) is 6.38. The number of ether oxygens (including phenoxy) is 1. The van der Waals surface area contributed by atoms with Crippen molar-refractivity contribution >= 4 is 27.2 Å². The van der Waals surface area contributed by atoms with E-state index in [9.17, 15) is 8.42 Å². The van der Waals surface area contributed by atoms with Crippen LogP contribution in [0.15, 0.2) is 30.9 Å². The van der Waals surface area contributed by atoms with E-state index in [1.807, 2.05) is 6.20 Å². The van der Waals surface area contributed by atoms with Gasteiger partial charge in [0.1, 0.15) is 11.5 Å². The molecule has 12 heteroatoms. The standard InChI is InChI=1S/C22H30N8O3S/c1-27-3-5-28(6-4-27)15-19-14-24-22-21(17-11-18(13-23-12-17)26-34(2,31)32)25-20(16-30(19)22)29-7-9-33-10-8-29/h11-14,16,26H,3-10,15H2,1-2H3. The minimum Gasteiger partial charge on any atom is -0.378 e. The molecule has 3 aromatic rings. The maximum Gasteiger partial charge on any atom is 0.229 e. The second-order valence-corrected chi connectivity index (χ2v) is 10.7. The van der Waals surface area contributed by atoms with Crippen LogP contribution in [0.1, 0.15) is 5.69 Å². The zero-order valence-corrected chi connectivity index (χ0v) is 20.3. The van der Waals surface area contributed by atoms with Crippen molar-refractivity contribution in [3.63, 3.8) is 0 Å². The Bertz CT molecular complexity index is 1260. The summed E-state index contributed by atoms with van der Waals surface area (Å²) in [6.07, 6.45) is 8.25. The lowest BCUT2D eigenvalue weighted by Crippen LogP contribution is -2.44. The van der Waals surface area contributed by atoms with Crippen LogP contribution in [0.5, 0.6) is 0 Å². The van der Waals surface area contributed by atoms with Gasteiger partial charge in [-0.05, 0) is 13.1 Å². The van der Waals surface area contributed by atoms with Crippen molar-refractivity contribution in [3.05, 3.63) is 36.5 Å². The Morgan fingerprint density at radius 3 is 2.56 bits per heavy atom. The summed E-state index contributed by atoms with van der Waals surface area (Å²) in [5.41, 5.74) is 3.57. The van der Waals surface area contributed by atoms with Gasteiger partial charge in [0, 0.05) is 57.6 Å². The van der Waals surface area contributed by atoms with Crippen LogP contribution in [0.25, 0.3) is 16.9 Å². The molecular formula is C22H30N8O3S. The molecular weight excluding hydrogens is 456 g/mol. The van der Waals surface area contributed by atoms with Crippen molar-refractivity contribution < 1.29 is 13.2 Å². The minimum absolute atomic E-state index is 0.390. The number of anilines is 2. The summed E-state index contributed by atoms with van der Waals surface area (Å²) in [7, 11) is -1.27. The highest BCUT2D eigenvalue weighted by Gasteiger charge is 2.21. The summed E-state index contributed by atoms with van der Waals surface area (Å²) in [5.74, 6) is 0.838. The highest BCUT2D eigenvalue weighted by Crippen LogP contribution is 2.28. The molecule has 2 fully saturated rings. The maximum absolute atomic E-state index is 11.7. The van der Waals surface area contributed by atoms with Gasteiger partial charge in [0.2, 0.25) is 10.0 Å². The summed E-state index contributed by atoms with van der Waals surface area (Å²) in [6, 6.07) is 1.74. The smallest absolute Gasteiger partial charge is 0.229 e. The topological polar surface area (TPSA) is 108 Å². The van der Waals surface area contributed by atoms with Crippen molar-refractivity contribution in [3.8, 4) is 11.3 Å². The van der Waals surface area contributed by atoms with Crippen LogP contribution in [0, 0.1) is 0 Å². The molecule has 5 rings (SSSR count). The molecule has 0 aromatic carbocycles. The number of hydrogen-bond acceptors (Lipinski definition) is 9. The van der Waals surface area contributed by atoms with Crippen molar-refractivity contribution in [2.45, 2.75) is 6.54 Å². The lowest BCUT2D eigenvalue weighted by atomic mass is 10.2. The molecule has 11 nitrogen and oxygen atoms in total. The molecule has 2 aliphatic heterocycles. The average molecular weight is 487 g/mol. The summed E-state index contributed by atoms with van der Waals surface area (Å²) in [6.45, 7) is 7.76. The first-order chi connectivity index (χ1) is 16.4. The molecule has 182 valence electrons. The first kappa shape index (κ1) is 23.0. The summed E-state index contributed by atoms with van der Waals surface area (Å²) < 4.78 is 33.6. The summed E-state index contributed by atoms with van der Waals surface area (Å²) in [5, 5.41) is 0. The van der Waals surface area contributed by atoms with E-state index in [1.54, 1.807) is 12.3 Å². The van der Waals surface area contributed by atoms with Crippen LogP contribution in [-0.4, -0.2) is 103 Å². The second kappa shape index (κ2) is 9.45. The molecule has 2 saturated heterocycles. The van der Waals surface area contributed by atoms with E-state index >= 15 is 0 Å². The van der Waals surface area contributed by atoms with Crippen LogP contribution in [0.4, 0.5) is 11.5 Å². The van der Waals surface area contributed by atoms with E-state index in [0.717, 1.165) is 69.2 Å². The molecule has 34 heavy (non-hydrogen) atoms. The van der Waals surface area contributed by atoms with Gasteiger partial charge in [-0.15, -0.1) is 0 Å². The fourth-order valence-corrected chi connectivity index (χ4v) is 4.89. The van der Waals surface area contributed by atoms with Crippen LogP contribution in [0.2, 0.25) is 0 Å². The molecule has 0 bridgehead atoms.